The first-order chi connectivity index (χ1) is 6.55. The van der Waals surface area contributed by atoms with Crippen LogP contribution in [0.25, 0.3) is 0 Å². The third-order valence-corrected chi connectivity index (χ3v) is 2.96. The topological polar surface area (TPSA) is 90.2 Å². The maximum absolute atomic E-state index is 11.3. The normalized spacial score (nSPS) is 15.8. The van der Waals surface area contributed by atoms with Gasteiger partial charge in [0.1, 0.15) is 6.29 Å². The van der Waals surface area contributed by atoms with Crippen LogP contribution < -0.4 is 0 Å². The highest BCUT2D eigenvalue weighted by molar-refractivity contribution is 7.52. The number of rotatable bonds is 8. The van der Waals surface area contributed by atoms with Crippen LogP contribution >= 0.6 is 7.60 Å². The lowest BCUT2D eigenvalue weighted by Gasteiger charge is -2.22. The molecule has 0 spiro atoms. The van der Waals surface area contributed by atoms with Crippen LogP contribution in [0, 0.1) is 0 Å². The van der Waals surface area contributed by atoms with Crippen LogP contribution in [0.2, 0.25) is 0 Å². The van der Waals surface area contributed by atoms with Gasteiger partial charge < -0.3 is 19.6 Å². The Labute approximate surface area is 83.6 Å². The van der Waals surface area contributed by atoms with Crippen LogP contribution in [-0.2, 0) is 9.09 Å². The van der Waals surface area contributed by atoms with Crippen molar-refractivity contribution in [2.24, 2.45) is 0 Å². The van der Waals surface area contributed by atoms with Crippen molar-refractivity contribution in [1.29, 1.82) is 0 Å². The van der Waals surface area contributed by atoms with Crippen LogP contribution in [0.3, 0.4) is 0 Å². The van der Waals surface area contributed by atoms with Crippen LogP contribution in [0.4, 0.5) is 0 Å². The zero-order valence-electron chi connectivity index (χ0n) is 8.30. The SMILES string of the molecule is CCOP(=O)(O)CN(CCO)CCO. The van der Waals surface area contributed by atoms with Crippen LogP contribution in [0.1, 0.15) is 6.92 Å². The summed E-state index contributed by atoms with van der Waals surface area (Å²) in [5.41, 5.74) is 0. The average molecular weight is 227 g/mol. The summed E-state index contributed by atoms with van der Waals surface area (Å²) in [6.45, 7) is 2.06. The third kappa shape index (κ3) is 6.48. The van der Waals surface area contributed by atoms with Gasteiger partial charge in [0.2, 0.25) is 0 Å². The number of aliphatic hydroxyl groups excluding tert-OH is 2. The predicted octanol–water partition coefficient (Wildman–Crippen LogP) is -0.548. The van der Waals surface area contributed by atoms with Crippen molar-refractivity contribution in [3.63, 3.8) is 0 Å². The van der Waals surface area contributed by atoms with Crippen molar-refractivity contribution in [3.05, 3.63) is 0 Å². The lowest BCUT2D eigenvalue weighted by Crippen LogP contribution is -2.31. The standard InChI is InChI=1S/C7H18NO5P/c1-2-13-14(11,12)7-8(3-5-9)4-6-10/h9-10H,2-7H2,1H3,(H,11,12). The third-order valence-electron chi connectivity index (χ3n) is 1.54. The molecule has 14 heavy (non-hydrogen) atoms. The van der Waals surface area contributed by atoms with Crippen molar-refractivity contribution < 1.29 is 24.2 Å². The minimum absolute atomic E-state index is 0.119. The lowest BCUT2D eigenvalue weighted by atomic mass is 10.5. The largest absolute Gasteiger partial charge is 0.395 e. The Balaban J connectivity index is 4.05. The Morgan fingerprint density at radius 1 is 1.29 bits per heavy atom. The molecule has 0 aromatic rings. The van der Waals surface area contributed by atoms with Gasteiger partial charge in [0, 0.05) is 13.1 Å². The second-order valence-corrected chi connectivity index (χ2v) is 4.58. The zero-order chi connectivity index (χ0) is 11.0. The molecule has 0 saturated heterocycles. The molecule has 0 aromatic heterocycles. The molecule has 0 radical (unpaired) electrons. The van der Waals surface area contributed by atoms with Gasteiger partial charge in [0.05, 0.1) is 19.8 Å². The molecule has 0 fully saturated rings. The molecular formula is C7H18NO5P. The molecule has 3 N–H and O–H groups in total. The van der Waals surface area contributed by atoms with Gasteiger partial charge in [-0.2, -0.15) is 0 Å². The minimum atomic E-state index is -3.60. The molecule has 0 amide bonds. The van der Waals surface area contributed by atoms with Gasteiger partial charge in [-0.3, -0.25) is 9.46 Å². The van der Waals surface area contributed by atoms with Crippen molar-refractivity contribution in [1.82, 2.24) is 4.90 Å². The molecule has 0 aliphatic carbocycles. The maximum Gasteiger partial charge on any atom is 0.341 e. The molecule has 1 atom stereocenters. The Bertz CT molecular complexity index is 183. The monoisotopic (exact) mass is 227 g/mol. The number of aliphatic hydroxyl groups is 2. The fraction of sp³-hybridized carbons (Fsp3) is 1.00. The van der Waals surface area contributed by atoms with Gasteiger partial charge in [-0.1, -0.05) is 0 Å². The molecule has 86 valence electrons. The fourth-order valence-corrected chi connectivity index (χ4v) is 2.30. The summed E-state index contributed by atoms with van der Waals surface area (Å²) in [5.74, 6) is 0. The molecule has 0 heterocycles. The summed E-state index contributed by atoms with van der Waals surface area (Å²) in [6.07, 6.45) is -0.165. The van der Waals surface area contributed by atoms with E-state index in [0.717, 1.165) is 0 Å². The summed E-state index contributed by atoms with van der Waals surface area (Å²) in [6, 6.07) is 0. The van der Waals surface area contributed by atoms with Gasteiger partial charge in [-0.05, 0) is 6.92 Å². The number of nitrogens with zero attached hydrogens (tertiary/aromatic N) is 1. The Morgan fingerprint density at radius 3 is 2.14 bits per heavy atom. The van der Waals surface area contributed by atoms with E-state index in [1.54, 1.807) is 6.92 Å². The Hall–Kier alpha value is 0.0300. The number of hydrogen-bond donors (Lipinski definition) is 3. The van der Waals surface area contributed by atoms with E-state index in [2.05, 4.69) is 4.52 Å². The predicted molar refractivity (Wildman–Crippen MR) is 52.1 cm³/mol. The molecule has 0 bridgehead atoms. The molecule has 0 aliphatic rings. The average Bonchev–Trinajstić information content (AvgIpc) is 2.03. The molecule has 7 heteroatoms. The molecule has 0 aliphatic heterocycles. The minimum Gasteiger partial charge on any atom is -0.395 e. The molecule has 0 aromatic carbocycles. The van der Waals surface area contributed by atoms with Crippen LogP contribution in [0.15, 0.2) is 0 Å². The van der Waals surface area contributed by atoms with E-state index in [0.29, 0.717) is 0 Å². The van der Waals surface area contributed by atoms with Crippen molar-refractivity contribution in [2.45, 2.75) is 6.92 Å². The first kappa shape index (κ1) is 14.0. The highest BCUT2D eigenvalue weighted by atomic mass is 31.2. The Kier molecular flexibility index (Phi) is 7.35. The highest BCUT2D eigenvalue weighted by Crippen LogP contribution is 2.41. The lowest BCUT2D eigenvalue weighted by molar-refractivity contribution is 0.164. The summed E-state index contributed by atoms with van der Waals surface area (Å²) >= 11 is 0. The van der Waals surface area contributed by atoms with E-state index >= 15 is 0 Å². The van der Waals surface area contributed by atoms with Gasteiger partial charge in [0.25, 0.3) is 0 Å². The van der Waals surface area contributed by atoms with E-state index in [1.807, 2.05) is 0 Å². The first-order valence-electron chi connectivity index (χ1n) is 4.46. The van der Waals surface area contributed by atoms with Crippen molar-refractivity contribution >= 4 is 7.60 Å². The summed E-state index contributed by atoms with van der Waals surface area (Å²) in [7, 11) is -3.60. The van der Waals surface area contributed by atoms with E-state index in [1.165, 1.54) is 4.90 Å². The first-order valence-corrected chi connectivity index (χ1v) is 6.22. The number of hydrogen-bond acceptors (Lipinski definition) is 5. The second-order valence-electron chi connectivity index (χ2n) is 2.76. The summed E-state index contributed by atoms with van der Waals surface area (Å²) < 4.78 is 16.0. The van der Waals surface area contributed by atoms with E-state index in [4.69, 9.17) is 10.2 Å². The van der Waals surface area contributed by atoms with Crippen LogP contribution in [0.5, 0.6) is 0 Å². The molecule has 1 unspecified atom stereocenters. The van der Waals surface area contributed by atoms with Gasteiger partial charge in [-0.15, -0.1) is 0 Å². The molecular weight excluding hydrogens is 209 g/mol. The summed E-state index contributed by atoms with van der Waals surface area (Å²) in [5, 5.41) is 17.3. The van der Waals surface area contributed by atoms with Gasteiger partial charge in [0.15, 0.2) is 0 Å². The zero-order valence-corrected chi connectivity index (χ0v) is 9.19. The second kappa shape index (κ2) is 7.34. The quantitative estimate of drug-likeness (QED) is 0.482. The van der Waals surface area contributed by atoms with Crippen molar-refractivity contribution in [2.75, 3.05) is 39.2 Å². The Morgan fingerprint density at radius 2 is 1.79 bits per heavy atom. The van der Waals surface area contributed by atoms with Crippen LogP contribution in [-0.4, -0.2) is 59.2 Å². The molecule has 0 rings (SSSR count). The molecule has 6 nitrogen and oxygen atoms in total. The summed E-state index contributed by atoms with van der Waals surface area (Å²) in [4.78, 5) is 10.7. The smallest absolute Gasteiger partial charge is 0.341 e. The van der Waals surface area contributed by atoms with E-state index in [9.17, 15) is 9.46 Å². The van der Waals surface area contributed by atoms with Crippen molar-refractivity contribution in [3.8, 4) is 0 Å². The molecule has 0 saturated carbocycles. The van der Waals surface area contributed by atoms with E-state index in [-0.39, 0.29) is 39.2 Å². The highest BCUT2D eigenvalue weighted by Gasteiger charge is 2.22. The van der Waals surface area contributed by atoms with Gasteiger partial charge >= 0.3 is 7.60 Å². The fourth-order valence-electron chi connectivity index (χ4n) is 1.03. The van der Waals surface area contributed by atoms with Gasteiger partial charge in [-0.25, -0.2) is 0 Å². The van der Waals surface area contributed by atoms with E-state index < -0.39 is 7.60 Å². The maximum atomic E-state index is 11.3.